The number of aliphatic hydroxyl groups excluding tert-OH is 1. The minimum Gasteiger partial charge on any atom is -0.396 e. The van der Waals surface area contributed by atoms with Crippen molar-refractivity contribution in [3.63, 3.8) is 0 Å². The van der Waals surface area contributed by atoms with E-state index in [1.807, 2.05) is 13.8 Å². The van der Waals surface area contributed by atoms with Gasteiger partial charge >= 0.3 is 0 Å². The topological polar surface area (TPSA) is 58.9 Å². The Kier molecular flexibility index (Phi) is 2.34. The van der Waals surface area contributed by atoms with Gasteiger partial charge in [-0.1, -0.05) is 0 Å². The van der Waals surface area contributed by atoms with Crippen molar-refractivity contribution in [1.29, 1.82) is 0 Å². The Labute approximate surface area is 83.8 Å². The maximum absolute atomic E-state index is 10.2. The van der Waals surface area contributed by atoms with Crippen molar-refractivity contribution >= 4 is 0 Å². The van der Waals surface area contributed by atoms with Crippen molar-refractivity contribution in [3.8, 4) is 0 Å². The first-order valence-electron chi connectivity index (χ1n) is 5.16. The van der Waals surface area contributed by atoms with Gasteiger partial charge in [-0.3, -0.25) is 0 Å². The van der Waals surface area contributed by atoms with E-state index in [-0.39, 0.29) is 18.8 Å². The van der Waals surface area contributed by atoms with Crippen LogP contribution in [-0.2, 0) is 9.47 Å². The molecule has 0 bridgehead atoms. The summed E-state index contributed by atoms with van der Waals surface area (Å²) in [6.07, 6.45) is 1.54. The highest BCUT2D eigenvalue weighted by atomic mass is 16.8. The highest BCUT2D eigenvalue weighted by Crippen LogP contribution is 2.44. The van der Waals surface area contributed by atoms with Crippen LogP contribution in [0.25, 0.3) is 0 Å². The van der Waals surface area contributed by atoms with E-state index < -0.39 is 11.4 Å². The molecular weight excluding hydrogens is 184 g/mol. The van der Waals surface area contributed by atoms with E-state index in [0.717, 1.165) is 6.42 Å². The van der Waals surface area contributed by atoms with Crippen molar-refractivity contribution in [3.05, 3.63) is 0 Å². The first-order chi connectivity index (χ1) is 6.47. The summed E-state index contributed by atoms with van der Waals surface area (Å²) in [4.78, 5) is 0. The molecule has 1 heterocycles. The summed E-state index contributed by atoms with van der Waals surface area (Å²) in [5.41, 5.74) is -0.896. The zero-order chi connectivity index (χ0) is 10.4. The number of hydrogen-bond donors (Lipinski definition) is 2. The molecule has 1 aliphatic heterocycles. The Hall–Kier alpha value is -0.160. The van der Waals surface area contributed by atoms with Gasteiger partial charge in [0.2, 0.25) is 0 Å². The van der Waals surface area contributed by atoms with Crippen molar-refractivity contribution in [2.24, 2.45) is 0 Å². The smallest absolute Gasteiger partial charge is 0.163 e. The molecule has 1 saturated carbocycles. The molecule has 1 aliphatic carbocycles. The summed E-state index contributed by atoms with van der Waals surface area (Å²) >= 11 is 0. The lowest BCUT2D eigenvalue weighted by atomic mass is 9.96. The zero-order valence-corrected chi connectivity index (χ0v) is 8.69. The van der Waals surface area contributed by atoms with Crippen LogP contribution in [0.3, 0.4) is 0 Å². The van der Waals surface area contributed by atoms with Gasteiger partial charge in [0, 0.05) is 13.0 Å². The van der Waals surface area contributed by atoms with Gasteiger partial charge in [-0.2, -0.15) is 0 Å². The number of rotatable bonds is 2. The molecule has 3 atom stereocenters. The Morgan fingerprint density at radius 2 is 2.07 bits per heavy atom. The summed E-state index contributed by atoms with van der Waals surface area (Å²) in [5, 5.41) is 19.1. The van der Waals surface area contributed by atoms with E-state index in [1.165, 1.54) is 0 Å². The Morgan fingerprint density at radius 1 is 1.36 bits per heavy atom. The van der Waals surface area contributed by atoms with Crippen molar-refractivity contribution in [1.82, 2.24) is 0 Å². The molecule has 0 spiro atoms. The van der Waals surface area contributed by atoms with Gasteiger partial charge < -0.3 is 19.7 Å². The maximum atomic E-state index is 10.2. The van der Waals surface area contributed by atoms with Gasteiger partial charge in [-0.15, -0.1) is 0 Å². The molecule has 4 nitrogen and oxygen atoms in total. The van der Waals surface area contributed by atoms with Crippen molar-refractivity contribution in [2.75, 3.05) is 6.61 Å². The minimum atomic E-state index is -0.896. The third kappa shape index (κ3) is 1.56. The molecule has 82 valence electrons. The van der Waals surface area contributed by atoms with Gasteiger partial charge in [0.1, 0.15) is 6.10 Å². The van der Waals surface area contributed by atoms with Crippen molar-refractivity contribution in [2.45, 2.75) is 56.7 Å². The molecule has 2 fully saturated rings. The summed E-state index contributed by atoms with van der Waals surface area (Å²) in [6.45, 7) is 3.69. The van der Waals surface area contributed by atoms with Gasteiger partial charge in [0.05, 0.1) is 11.7 Å². The molecule has 3 unspecified atom stereocenters. The summed E-state index contributed by atoms with van der Waals surface area (Å²) in [7, 11) is 0. The van der Waals surface area contributed by atoms with E-state index in [9.17, 15) is 5.11 Å². The Bertz CT molecular complexity index is 224. The quantitative estimate of drug-likeness (QED) is 0.681. The van der Waals surface area contributed by atoms with Gasteiger partial charge in [-0.05, 0) is 26.7 Å². The predicted molar refractivity (Wildman–Crippen MR) is 49.7 cm³/mol. The number of hydrogen-bond acceptors (Lipinski definition) is 4. The van der Waals surface area contributed by atoms with E-state index in [2.05, 4.69) is 0 Å². The highest BCUT2D eigenvalue weighted by molar-refractivity contribution is 5.03. The molecule has 0 radical (unpaired) electrons. The second-order valence-electron chi connectivity index (χ2n) is 4.71. The first kappa shape index (κ1) is 10.4. The molecule has 1 saturated heterocycles. The van der Waals surface area contributed by atoms with Crippen LogP contribution in [0.4, 0.5) is 0 Å². The fourth-order valence-corrected chi connectivity index (χ4v) is 2.50. The summed E-state index contributed by atoms with van der Waals surface area (Å²) < 4.78 is 11.3. The average Bonchev–Trinajstić information content (AvgIpc) is 2.50. The highest BCUT2D eigenvalue weighted by Gasteiger charge is 2.56. The molecule has 2 aliphatic rings. The lowest BCUT2D eigenvalue weighted by Crippen LogP contribution is -2.42. The third-order valence-electron chi connectivity index (χ3n) is 3.12. The minimum absolute atomic E-state index is 0.0104. The fourth-order valence-electron chi connectivity index (χ4n) is 2.50. The lowest BCUT2D eigenvalue weighted by Gasteiger charge is -2.29. The van der Waals surface area contributed by atoms with E-state index in [0.29, 0.717) is 12.8 Å². The summed E-state index contributed by atoms with van der Waals surface area (Å²) in [5.74, 6) is -0.598. The predicted octanol–water partition coefficient (Wildman–Crippen LogP) is 0.414. The van der Waals surface area contributed by atoms with Crippen LogP contribution in [0.2, 0.25) is 0 Å². The van der Waals surface area contributed by atoms with Crippen molar-refractivity contribution < 1.29 is 19.7 Å². The normalized spacial score (nSPS) is 45.4. The SMILES string of the molecule is CC1(C)OC2CCC(O)(CCO)C2O1. The van der Waals surface area contributed by atoms with Crippen LogP contribution in [0.1, 0.15) is 33.1 Å². The Morgan fingerprint density at radius 3 is 2.71 bits per heavy atom. The average molecular weight is 202 g/mol. The van der Waals surface area contributed by atoms with Gasteiger partial charge in [0.15, 0.2) is 5.79 Å². The first-order valence-corrected chi connectivity index (χ1v) is 5.16. The molecule has 14 heavy (non-hydrogen) atoms. The van der Waals surface area contributed by atoms with E-state index >= 15 is 0 Å². The Balaban J connectivity index is 2.11. The molecular formula is C10H18O4. The monoisotopic (exact) mass is 202 g/mol. The van der Waals surface area contributed by atoms with Crippen LogP contribution in [0, 0.1) is 0 Å². The van der Waals surface area contributed by atoms with Crippen LogP contribution < -0.4 is 0 Å². The van der Waals surface area contributed by atoms with Crippen LogP contribution in [-0.4, -0.2) is 40.4 Å². The van der Waals surface area contributed by atoms with Gasteiger partial charge in [0.25, 0.3) is 0 Å². The molecule has 2 N–H and O–H groups in total. The number of fused-ring (bicyclic) bond motifs is 1. The summed E-state index contributed by atoms with van der Waals surface area (Å²) in [6, 6.07) is 0. The molecule has 0 aromatic heterocycles. The molecule has 0 amide bonds. The second-order valence-corrected chi connectivity index (χ2v) is 4.71. The number of ether oxygens (including phenoxy) is 2. The molecule has 0 aromatic rings. The standard InChI is InChI=1S/C10H18O4/c1-9(2)13-7-3-4-10(12,5-6-11)8(7)14-9/h7-8,11-12H,3-6H2,1-2H3. The van der Waals surface area contributed by atoms with E-state index in [1.54, 1.807) is 0 Å². The lowest BCUT2D eigenvalue weighted by molar-refractivity contribution is -0.180. The van der Waals surface area contributed by atoms with Crippen LogP contribution >= 0.6 is 0 Å². The fraction of sp³-hybridized carbons (Fsp3) is 1.00. The van der Waals surface area contributed by atoms with Crippen LogP contribution in [0.5, 0.6) is 0 Å². The van der Waals surface area contributed by atoms with E-state index in [4.69, 9.17) is 14.6 Å². The number of aliphatic hydroxyl groups is 2. The molecule has 2 rings (SSSR count). The van der Waals surface area contributed by atoms with Gasteiger partial charge in [-0.25, -0.2) is 0 Å². The second kappa shape index (κ2) is 3.17. The largest absolute Gasteiger partial charge is 0.396 e. The molecule has 4 heteroatoms. The maximum Gasteiger partial charge on any atom is 0.163 e. The molecule has 0 aromatic carbocycles. The third-order valence-corrected chi connectivity index (χ3v) is 3.12. The zero-order valence-electron chi connectivity index (χ0n) is 8.69. The van der Waals surface area contributed by atoms with Crippen LogP contribution in [0.15, 0.2) is 0 Å².